The van der Waals surface area contributed by atoms with Gasteiger partial charge in [-0.25, -0.2) is 0 Å². The fraction of sp³-hybridized carbons (Fsp3) is 0.667. The molecule has 190 valence electrons. The van der Waals surface area contributed by atoms with Crippen molar-refractivity contribution in [1.82, 2.24) is 4.98 Å². The summed E-state index contributed by atoms with van der Waals surface area (Å²) in [5.74, 6) is 1.04. The summed E-state index contributed by atoms with van der Waals surface area (Å²) in [7, 11) is 0. The molecule has 1 heteroatoms. The molecule has 0 amide bonds. The molecule has 4 unspecified atom stereocenters. The summed E-state index contributed by atoms with van der Waals surface area (Å²) in [6, 6.07) is 15.9. The summed E-state index contributed by atoms with van der Waals surface area (Å²) >= 11 is 0. The molecule has 2 rings (SSSR count). The molecule has 0 N–H and O–H groups in total. The first-order valence-electron chi connectivity index (χ1n) is 13.8. The molecule has 0 saturated heterocycles. The first-order valence-corrected chi connectivity index (χ1v) is 13.8. The van der Waals surface area contributed by atoms with Crippen molar-refractivity contribution >= 4 is 0 Å². The van der Waals surface area contributed by atoms with Crippen LogP contribution in [0.5, 0.6) is 0 Å². The van der Waals surface area contributed by atoms with E-state index in [0.29, 0.717) is 17.3 Å². The van der Waals surface area contributed by atoms with Gasteiger partial charge in [-0.2, -0.15) is 0 Å². The Balaban J connectivity index is 2.64. The van der Waals surface area contributed by atoms with Crippen LogP contribution in [-0.2, 0) is 0 Å². The molecule has 4 atom stereocenters. The van der Waals surface area contributed by atoms with Crippen LogP contribution in [0.25, 0.3) is 0 Å². The zero-order valence-electron chi connectivity index (χ0n) is 24.0. The van der Waals surface area contributed by atoms with E-state index >= 15 is 0 Å². The highest BCUT2D eigenvalue weighted by molar-refractivity contribution is 5.25. The highest BCUT2D eigenvalue weighted by atomic mass is 14.6. The lowest BCUT2D eigenvalue weighted by atomic mass is 9.49. The van der Waals surface area contributed by atoms with E-state index in [9.17, 15) is 0 Å². The van der Waals surface area contributed by atoms with Crippen LogP contribution >= 0.6 is 0 Å². The maximum atomic E-state index is 4.33. The van der Waals surface area contributed by atoms with E-state index in [1.54, 1.807) is 0 Å². The van der Waals surface area contributed by atoms with Gasteiger partial charge in [-0.3, -0.25) is 4.98 Å². The number of pyridine rings is 1. The Hall–Kier alpha value is -1.63. The fourth-order valence-electron chi connectivity index (χ4n) is 6.11. The monoisotopic (exact) mass is 463 g/mol. The van der Waals surface area contributed by atoms with Crippen LogP contribution in [0.4, 0.5) is 0 Å². The van der Waals surface area contributed by atoms with Crippen molar-refractivity contribution in [2.24, 2.45) is 21.7 Å². The average molecular weight is 464 g/mol. The van der Waals surface area contributed by atoms with E-state index in [0.717, 1.165) is 0 Å². The third-order valence-corrected chi connectivity index (χ3v) is 10.2. The number of aromatic nitrogens is 1. The number of rotatable bonds is 13. The Bertz CT molecular complexity index is 853. The maximum absolute atomic E-state index is 4.33. The smallest absolute Gasteiger partial charge is 0.0270 e. The number of hydrogen-bond donors (Lipinski definition) is 0. The normalized spacial score (nSPS) is 18.1. The van der Waals surface area contributed by atoms with Gasteiger partial charge in [-0.15, -0.1) is 0 Å². The first kappa shape index (κ1) is 28.6. The van der Waals surface area contributed by atoms with Gasteiger partial charge in [0, 0.05) is 12.4 Å². The molecule has 0 bridgehead atoms. The van der Waals surface area contributed by atoms with E-state index in [2.05, 4.69) is 117 Å². The predicted octanol–water partition coefficient (Wildman–Crippen LogP) is 10.4. The highest BCUT2D eigenvalue weighted by Crippen LogP contribution is 2.61. The Morgan fingerprint density at radius 2 is 1.18 bits per heavy atom. The van der Waals surface area contributed by atoms with Crippen molar-refractivity contribution in [1.29, 1.82) is 0 Å². The van der Waals surface area contributed by atoms with Crippen LogP contribution in [0.1, 0.15) is 131 Å². The van der Waals surface area contributed by atoms with E-state index in [-0.39, 0.29) is 16.2 Å². The average Bonchev–Trinajstić information content (AvgIpc) is 2.86. The lowest BCUT2D eigenvalue weighted by molar-refractivity contribution is -0.0107. The van der Waals surface area contributed by atoms with Crippen LogP contribution in [0.3, 0.4) is 0 Å². The van der Waals surface area contributed by atoms with Gasteiger partial charge in [0.2, 0.25) is 0 Å². The first-order chi connectivity index (χ1) is 15.9. The van der Waals surface area contributed by atoms with E-state index in [1.165, 1.54) is 49.7 Å². The topological polar surface area (TPSA) is 12.9 Å². The van der Waals surface area contributed by atoms with Crippen molar-refractivity contribution in [2.45, 2.75) is 120 Å². The standard InChI is InChI=1S/C33H53N/c1-11-30(5,6)24-29(26-18-16-15-17-19-26)33(10,14-4)32(9,13-3)25-28(31(7,8)12-2)27-20-22-34-23-21-27/h15-23,28-29H,11-14,24-25H2,1-10H3. The van der Waals surface area contributed by atoms with Gasteiger partial charge in [-0.05, 0) is 76.0 Å². The molecule has 0 aliphatic rings. The van der Waals surface area contributed by atoms with Gasteiger partial charge < -0.3 is 0 Å². The van der Waals surface area contributed by atoms with Crippen LogP contribution in [0, 0.1) is 21.7 Å². The van der Waals surface area contributed by atoms with Crippen molar-refractivity contribution in [2.75, 3.05) is 0 Å². The van der Waals surface area contributed by atoms with Crippen molar-refractivity contribution in [3.05, 3.63) is 66.0 Å². The van der Waals surface area contributed by atoms with Crippen molar-refractivity contribution in [3.8, 4) is 0 Å². The third kappa shape index (κ3) is 6.13. The minimum Gasteiger partial charge on any atom is -0.265 e. The van der Waals surface area contributed by atoms with Gasteiger partial charge in [0.05, 0.1) is 0 Å². The van der Waals surface area contributed by atoms with Crippen molar-refractivity contribution in [3.63, 3.8) is 0 Å². The molecule has 0 spiro atoms. The Labute approximate surface area is 212 Å². The van der Waals surface area contributed by atoms with Gasteiger partial charge >= 0.3 is 0 Å². The Morgan fingerprint density at radius 3 is 1.65 bits per heavy atom. The largest absolute Gasteiger partial charge is 0.265 e. The molecule has 1 aromatic heterocycles. The lowest BCUT2D eigenvalue weighted by Gasteiger charge is -2.55. The SMILES string of the molecule is CCC(C)(C)CC(c1ccccc1)C(C)(CC)C(C)(CC)CC(c1ccncc1)C(C)(C)CC. The summed E-state index contributed by atoms with van der Waals surface area (Å²) in [5.41, 5.74) is 3.90. The molecule has 1 aromatic carbocycles. The van der Waals surface area contributed by atoms with Crippen LogP contribution in [-0.4, -0.2) is 4.98 Å². The van der Waals surface area contributed by atoms with Crippen LogP contribution < -0.4 is 0 Å². The van der Waals surface area contributed by atoms with Crippen molar-refractivity contribution < 1.29 is 0 Å². The zero-order chi connectivity index (χ0) is 25.6. The third-order valence-electron chi connectivity index (χ3n) is 10.2. The molecule has 2 aromatic rings. The van der Waals surface area contributed by atoms with Crippen LogP contribution in [0.15, 0.2) is 54.9 Å². The molecule has 0 aliphatic heterocycles. The van der Waals surface area contributed by atoms with Gasteiger partial charge in [0.25, 0.3) is 0 Å². The molecule has 1 heterocycles. The molecule has 1 nitrogen and oxygen atoms in total. The second-order valence-corrected chi connectivity index (χ2v) is 12.7. The summed E-state index contributed by atoms with van der Waals surface area (Å²) in [4.78, 5) is 4.33. The molecule has 0 aliphatic carbocycles. The molecular formula is C33H53N. The number of hydrogen-bond acceptors (Lipinski definition) is 1. The molecule has 0 fully saturated rings. The van der Waals surface area contributed by atoms with Gasteiger partial charge in [-0.1, -0.05) is 119 Å². The summed E-state index contributed by atoms with van der Waals surface area (Å²) in [6.07, 6.45) is 11.1. The molecule has 34 heavy (non-hydrogen) atoms. The number of nitrogens with zero attached hydrogens (tertiary/aromatic N) is 1. The minimum atomic E-state index is 0.185. The van der Waals surface area contributed by atoms with Gasteiger partial charge in [0.15, 0.2) is 0 Å². The minimum absolute atomic E-state index is 0.185. The molecule has 0 saturated carbocycles. The zero-order valence-corrected chi connectivity index (χ0v) is 24.0. The lowest BCUT2D eigenvalue weighted by Crippen LogP contribution is -2.45. The maximum Gasteiger partial charge on any atom is 0.0270 e. The summed E-state index contributed by atoms with van der Waals surface area (Å²) < 4.78 is 0. The number of benzene rings is 1. The van der Waals surface area contributed by atoms with E-state index in [1.807, 2.05) is 12.4 Å². The van der Waals surface area contributed by atoms with E-state index < -0.39 is 0 Å². The van der Waals surface area contributed by atoms with Gasteiger partial charge in [0.1, 0.15) is 0 Å². The molecular weight excluding hydrogens is 410 g/mol. The summed E-state index contributed by atoms with van der Waals surface area (Å²) in [6.45, 7) is 24.6. The second kappa shape index (κ2) is 11.4. The Morgan fingerprint density at radius 1 is 0.618 bits per heavy atom. The second-order valence-electron chi connectivity index (χ2n) is 12.7. The Kier molecular flexibility index (Phi) is 9.59. The quantitative estimate of drug-likeness (QED) is 0.288. The van der Waals surface area contributed by atoms with E-state index in [4.69, 9.17) is 0 Å². The predicted molar refractivity (Wildman–Crippen MR) is 150 cm³/mol. The summed E-state index contributed by atoms with van der Waals surface area (Å²) in [5, 5.41) is 0. The fourth-order valence-corrected chi connectivity index (χ4v) is 6.11. The highest BCUT2D eigenvalue weighted by Gasteiger charge is 2.50. The molecule has 0 radical (unpaired) electrons. The van der Waals surface area contributed by atoms with Crippen LogP contribution in [0.2, 0.25) is 0 Å².